The lowest BCUT2D eigenvalue weighted by molar-refractivity contribution is -0.134. The first-order valence-electron chi connectivity index (χ1n) is 14.7. The van der Waals surface area contributed by atoms with Gasteiger partial charge in [-0.15, -0.1) is 0 Å². The number of halogens is 1. The first-order chi connectivity index (χ1) is 21.7. The average molecular weight is 673 g/mol. The Morgan fingerprint density at radius 3 is 2.58 bits per heavy atom. The summed E-state index contributed by atoms with van der Waals surface area (Å²) in [5, 5.41) is 7.69. The predicted octanol–water partition coefficient (Wildman–Crippen LogP) is 5.07. The van der Waals surface area contributed by atoms with Gasteiger partial charge in [-0.25, -0.2) is 14.6 Å². The van der Waals surface area contributed by atoms with Crippen molar-refractivity contribution in [1.29, 1.82) is 0 Å². The minimum absolute atomic E-state index is 0.218. The topological polar surface area (TPSA) is 127 Å². The largest absolute Gasteiger partial charge is 0.493 e. The van der Waals surface area contributed by atoms with Crippen LogP contribution >= 0.6 is 15.9 Å². The first-order valence-corrected chi connectivity index (χ1v) is 15.5. The number of fused-ring (bicyclic) bond motifs is 3. The summed E-state index contributed by atoms with van der Waals surface area (Å²) in [5.74, 6) is 2.01. The molecule has 1 aliphatic rings. The molecule has 6 rings (SSSR count). The molecular formula is C33H34BrN7O4. The standard InChI is InChI=1S/C33H34BrN7O4/c1-33(2)21-19-22(34)28-29(39-30(38-28)23-8-5-9-26(37-23)41-17-7-14-36-41)27(21)31(42)40(32(33)43)16-6-13-35-15-12-20-10-11-24(44-3)25(18-20)45-4/h5,7-11,14,17-19,35H,6,12-13,15-16H2,1-4H3,(H,38,39). The summed E-state index contributed by atoms with van der Waals surface area (Å²) < 4.78 is 13.1. The molecule has 0 spiro atoms. The van der Waals surface area contributed by atoms with Crippen molar-refractivity contribution in [2.75, 3.05) is 33.9 Å². The maximum Gasteiger partial charge on any atom is 0.262 e. The van der Waals surface area contributed by atoms with E-state index in [4.69, 9.17) is 19.4 Å². The van der Waals surface area contributed by atoms with Gasteiger partial charge >= 0.3 is 0 Å². The van der Waals surface area contributed by atoms with Crippen LogP contribution in [-0.4, -0.2) is 75.3 Å². The van der Waals surface area contributed by atoms with Gasteiger partial charge in [0.05, 0.1) is 30.7 Å². The molecule has 0 atom stereocenters. The number of ether oxygens (including phenoxy) is 2. The molecule has 2 N–H and O–H groups in total. The van der Waals surface area contributed by atoms with E-state index in [1.165, 1.54) is 4.90 Å². The van der Waals surface area contributed by atoms with Gasteiger partial charge in [0.15, 0.2) is 23.1 Å². The molecule has 4 heterocycles. The van der Waals surface area contributed by atoms with E-state index in [9.17, 15) is 9.59 Å². The summed E-state index contributed by atoms with van der Waals surface area (Å²) >= 11 is 3.64. The van der Waals surface area contributed by atoms with Crippen LogP contribution in [0.5, 0.6) is 11.5 Å². The monoisotopic (exact) mass is 671 g/mol. The van der Waals surface area contributed by atoms with Crippen molar-refractivity contribution < 1.29 is 19.1 Å². The number of nitrogens with zero attached hydrogens (tertiary/aromatic N) is 5. The average Bonchev–Trinajstić information content (AvgIpc) is 3.75. The zero-order chi connectivity index (χ0) is 31.7. The minimum Gasteiger partial charge on any atom is -0.493 e. The molecule has 0 fully saturated rings. The number of pyridine rings is 1. The molecule has 0 bridgehead atoms. The van der Waals surface area contributed by atoms with E-state index in [2.05, 4.69) is 31.3 Å². The van der Waals surface area contributed by atoms with Gasteiger partial charge in [-0.2, -0.15) is 5.10 Å². The molecule has 2 aromatic carbocycles. The van der Waals surface area contributed by atoms with Gasteiger partial charge in [-0.1, -0.05) is 12.1 Å². The predicted molar refractivity (Wildman–Crippen MR) is 174 cm³/mol. The number of carbonyl (C=O) groups is 2. The van der Waals surface area contributed by atoms with E-state index in [0.717, 1.165) is 18.5 Å². The van der Waals surface area contributed by atoms with Crippen molar-refractivity contribution in [3.8, 4) is 28.8 Å². The first kappa shape index (κ1) is 30.5. The lowest BCUT2D eigenvalue weighted by Crippen LogP contribution is -2.52. The highest BCUT2D eigenvalue weighted by atomic mass is 79.9. The molecule has 2 amide bonds. The molecule has 3 aromatic heterocycles. The van der Waals surface area contributed by atoms with Crippen molar-refractivity contribution in [3.05, 3.63) is 82.1 Å². The smallest absolute Gasteiger partial charge is 0.262 e. The van der Waals surface area contributed by atoms with Gasteiger partial charge in [0.2, 0.25) is 5.91 Å². The number of hydrogen-bond donors (Lipinski definition) is 2. The quantitative estimate of drug-likeness (QED) is 0.147. The lowest BCUT2D eigenvalue weighted by Gasteiger charge is -2.37. The van der Waals surface area contributed by atoms with Gasteiger partial charge in [-0.05, 0) is 103 Å². The Balaban J connectivity index is 1.19. The second-order valence-corrected chi connectivity index (χ2v) is 12.2. The number of nitrogens with one attached hydrogen (secondary N) is 2. The van der Waals surface area contributed by atoms with Gasteiger partial charge in [0.1, 0.15) is 11.2 Å². The Labute approximate surface area is 269 Å². The molecule has 0 saturated carbocycles. The third-order valence-electron chi connectivity index (χ3n) is 8.12. The second kappa shape index (κ2) is 12.4. The van der Waals surface area contributed by atoms with Crippen LogP contribution in [0.25, 0.3) is 28.4 Å². The van der Waals surface area contributed by atoms with Crippen LogP contribution in [0.2, 0.25) is 0 Å². The molecule has 0 saturated heterocycles. The molecule has 11 nitrogen and oxygen atoms in total. The highest BCUT2D eigenvalue weighted by molar-refractivity contribution is 9.10. The number of benzene rings is 2. The van der Waals surface area contributed by atoms with Crippen molar-refractivity contribution in [3.63, 3.8) is 0 Å². The Morgan fingerprint density at radius 2 is 1.82 bits per heavy atom. The van der Waals surface area contributed by atoms with Crippen LogP contribution in [-0.2, 0) is 16.6 Å². The van der Waals surface area contributed by atoms with E-state index in [1.807, 2.05) is 68.6 Å². The summed E-state index contributed by atoms with van der Waals surface area (Å²) in [5.41, 5.74) is 3.11. The summed E-state index contributed by atoms with van der Waals surface area (Å²) in [4.78, 5) is 41.9. The fraction of sp³-hybridized carbons (Fsp3) is 0.303. The molecule has 232 valence electrons. The van der Waals surface area contributed by atoms with Gasteiger partial charge in [0, 0.05) is 23.4 Å². The number of carbonyl (C=O) groups excluding carboxylic acids is 2. The highest BCUT2D eigenvalue weighted by Crippen LogP contribution is 2.41. The number of imidazole rings is 1. The Morgan fingerprint density at radius 1 is 1.00 bits per heavy atom. The minimum atomic E-state index is -0.912. The van der Waals surface area contributed by atoms with Crippen molar-refractivity contribution in [1.82, 2.24) is 34.9 Å². The SMILES string of the molecule is COc1ccc(CCNCCCN2C(=O)c3c(cc(Br)c4nc(-c5cccc(-n6cccn6)n5)[nH]c34)C(C)(C)C2=O)cc1OC. The van der Waals surface area contributed by atoms with Crippen LogP contribution in [0.4, 0.5) is 0 Å². The van der Waals surface area contributed by atoms with Crippen molar-refractivity contribution in [2.45, 2.75) is 32.1 Å². The zero-order valence-corrected chi connectivity index (χ0v) is 27.1. The molecule has 12 heteroatoms. The van der Waals surface area contributed by atoms with E-state index >= 15 is 0 Å². The summed E-state index contributed by atoms with van der Waals surface area (Å²) in [7, 11) is 3.24. The second-order valence-electron chi connectivity index (χ2n) is 11.4. The molecule has 5 aromatic rings. The van der Waals surface area contributed by atoms with Crippen molar-refractivity contribution >= 4 is 38.8 Å². The van der Waals surface area contributed by atoms with Gasteiger partial charge in [0.25, 0.3) is 5.91 Å². The lowest BCUT2D eigenvalue weighted by atomic mass is 9.76. The maximum atomic E-state index is 14.0. The van der Waals surface area contributed by atoms with E-state index in [-0.39, 0.29) is 11.8 Å². The number of H-pyrrole nitrogens is 1. The third kappa shape index (κ3) is 5.71. The summed E-state index contributed by atoms with van der Waals surface area (Å²) in [6, 6.07) is 15.1. The van der Waals surface area contributed by atoms with Crippen LogP contribution in [0.1, 0.15) is 41.8 Å². The fourth-order valence-electron chi connectivity index (χ4n) is 5.69. The molecule has 1 aliphatic heterocycles. The third-order valence-corrected chi connectivity index (χ3v) is 8.73. The van der Waals surface area contributed by atoms with Crippen LogP contribution in [0.15, 0.2) is 65.4 Å². The molecule has 45 heavy (non-hydrogen) atoms. The molecular weight excluding hydrogens is 638 g/mol. The summed E-state index contributed by atoms with van der Waals surface area (Å²) in [6.45, 7) is 5.42. The Bertz CT molecular complexity index is 1880. The number of hydrogen-bond acceptors (Lipinski definition) is 8. The number of amides is 2. The van der Waals surface area contributed by atoms with E-state index in [1.54, 1.807) is 25.1 Å². The van der Waals surface area contributed by atoms with E-state index in [0.29, 0.717) is 75.0 Å². The number of aromatic amines is 1. The number of aromatic nitrogens is 5. The fourth-order valence-corrected chi connectivity index (χ4v) is 6.21. The van der Waals surface area contributed by atoms with Crippen LogP contribution in [0, 0.1) is 0 Å². The Kier molecular flexibility index (Phi) is 8.43. The molecule has 0 radical (unpaired) electrons. The number of methoxy groups -OCH3 is 2. The maximum absolute atomic E-state index is 14.0. The zero-order valence-electron chi connectivity index (χ0n) is 25.6. The molecule has 0 aliphatic carbocycles. The van der Waals surface area contributed by atoms with Crippen LogP contribution in [0.3, 0.4) is 0 Å². The number of rotatable bonds is 11. The van der Waals surface area contributed by atoms with Crippen LogP contribution < -0.4 is 14.8 Å². The highest BCUT2D eigenvalue weighted by Gasteiger charge is 2.46. The Hall–Kier alpha value is -4.55. The normalized spacial score (nSPS) is 14.2. The van der Waals surface area contributed by atoms with Gasteiger partial charge < -0.3 is 19.8 Å². The molecule has 0 unspecified atom stereocenters. The van der Waals surface area contributed by atoms with Crippen molar-refractivity contribution in [2.24, 2.45) is 0 Å². The van der Waals surface area contributed by atoms with E-state index < -0.39 is 5.41 Å². The summed E-state index contributed by atoms with van der Waals surface area (Å²) in [6.07, 6.45) is 4.93. The number of imide groups is 1. The van der Waals surface area contributed by atoms with Gasteiger partial charge in [-0.3, -0.25) is 14.5 Å².